The SMILES string of the molecule is OCC1C[C@@H](Nc2cc(Cl)ncn2)[C@H](O)[C@@H]1O. The third kappa shape index (κ3) is 2.66. The Balaban J connectivity index is 2.05. The first kappa shape index (κ1) is 12.5. The second kappa shape index (κ2) is 5.14. The quantitative estimate of drug-likeness (QED) is 0.554. The van der Waals surface area contributed by atoms with E-state index in [-0.39, 0.29) is 18.6 Å². The van der Waals surface area contributed by atoms with E-state index in [0.717, 1.165) is 0 Å². The minimum absolute atomic E-state index is 0.152. The molecule has 94 valence electrons. The predicted molar refractivity (Wildman–Crippen MR) is 61.7 cm³/mol. The molecular weight excluding hydrogens is 246 g/mol. The first-order valence-corrected chi connectivity index (χ1v) is 5.70. The van der Waals surface area contributed by atoms with Crippen molar-refractivity contribution in [2.45, 2.75) is 24.7 Å². The maximum Gasteiger partial charge on any atom is 0.134 e. The summed E-state index contributed by atoms with van der Waals surface area (Å²) in [7, 11) is 0. The Morgan fingerprint density at radius 3 is 2.71 bits per heavy atom. The normalized spacial score (nSPS) is 32.7. The molecule has 1 aliphatic carbocycles. The van der Waals surface area contributed by atoms with E-state index in [1.165, 1.54) is 12.4 Å². The van der Waals surface area contributed by atoms with Gasteiger partial charge in [0.2, 0.25) is 0 Å². The van der Waals surface area contributed by atoms with E-state index in [9.17, 15) is 10.2 Å². The van der Waals surface area contributed by atoms with Crippen molar-refractivity contribution in [1.82, 2.24) is 9.97 Å². The first-order chi connectivity index (χ1) is 8.11. The minimum Gasteiger partial charge on any atom is -0.396 e. The van der Waals surface area contributed by atoms with E-state index < -0.39 is 12.2 Å². The van der Waals surface area contributed by atoms with E-state index in [1.807, 2.05) is 0 Å². The molecule has 1 fully saturated rings. The molecule has 0 amide bonds. The fourth-order valence-corrected chi connectivity index (χ4v) is 2.20. The Morgan fingerprint density at radius 2 is 2.12 bits per heavy atom. The lowest BCUT2D eigenvalue weighted by Crippen LogP contribution is -2.35. The summed E-state index contributed by atoms with van der Waals surface area (Å²) in [5, 5.41) is 31.7. The molecule has 0 aliphatic heterocycles. The van der Waals surface area contributed by atoms with Crippen LogP contribution in [0.1, 0.15) is 6.42 Å². The van der Waals surface area contributed by atoms with Crippen LogP contribution >= 0.6 is 11.6 Å². The van der Waals surface area contributed by atoms with Crippen molar-refractivity contribution in [2.75, 3.05) is 11.9 Å². The second-order valence-electron chi connectivity index (χ2n) is 4.14. The Hall–Kier alpha value is -0.950. The van der Waals surface area contributed by atoms with E-state index in [1.54, 1.807) is 0 Å². The number of anilines is 1. The van der Waals surface area contributed by atoms with Gasteiger partial charge in [-0.25, -0.2) is 9.97 Å². The largest absolute Gasteiger partial charge is 0.396 e. The topological polar surface area (TPSA) is 98.5 Å². The van der Waals surface area contributed by atoms with Gasteiger partial charge in [0.15, 0.2) is 0 Å². The standard InChI is InChI=1S/C10H14ClN3O3/c11-7-2-8(13-4-12-7)14-6-1-5(3-15)9(16)10(6)17/h2,4-6,9-10,15-17H,1,3H2,(H,12,13,14)/t5?,6-,9-,10+/m1/s1. The van der Waals surface area contributed by atoms with Crippen molar-refractivity contribution in [3.63, 3.8) is 0 Å². The molecule has 0 aromatic carbocycles. The number of halogens is 1. The van der Waals surface area contributed by atoms with Crippen LogP contribution in [0.3, 0.4) is 0 Å². The molecule has 4 atom stereocenters. The monoisotopic (exact) mass is 259 g/mol. The number of nitrogens with zero attached hydrogens (tertiary/aromatic N) is 2. The summed E-state index contributed by atoms with van der Waals surface area (Å²) in [6.45, 7) is -0.152. The van der Waals surface area contributed by atoms with Gasteiger partial charge in [0, 0.05) is 18.6 Å². The Labute approximate surface area is 103 Å². The molecule has 1 unspecified atom stereocenters. The Kier molecular flexibility index (Phi) is 3.78. The van der Waals surface area contributed by atoms with Gasteiger partial charge in [0.1, 0.15) is 23.4 Å². The molecular formula is C10H14ClN3O3. The lowest BCUT2D eigenvalue weighted by Gasteiger charge is -2.18. The molecule has 1 aliphatic rings. The lowest BCUT2D eigenvalue weighted by molar-refractivity contribution is 0.00445. The van der Waals surface area contributed by atoms with E-state index in [4.69, 9.17) is 16.7 Å². The molecule has 0 bridgehead atoms. The zero-order valence-corrected chi connectivity index (χ0v) is 9.75. The van der Waals surface area contributed by atoms with Gasteiger partial charge in [0.05, 0.1) is 12.1 Å². The van der Waals surface area contributed by atoms with Crippen LogP contribution in [0.2, 0.25) is 5.15 Å². The van der Waals surface area contributed by atoms with E-state index >= 15 is 0 Å². The van der Waals surface area contributed by atoms with Crippen molar-refractivity contribution < 1.29 is 15.3 Å². The summed E-state index contributed by atoms with van der Waals surface area (Å²) in [5.74, 6) is 0.166. The highest BCUT2D eigenvalue weighted by atomic mass is 35.5. The highest BCUT2D eigenvalue weighted by molar-refractivity contribution is 6.29. The fourth-order valence-electron chi connectivity index (χ4n) is 2.05. The molecule has 1 heterocycles. The minimum atomic E-state index is -0.930. The van der Waals surface area contributed by atoms with Gasteiger partial charge in [0.25, 0.3) is 0 Å². The number of aromatic nitrogens is 2. The predicted octanol–water partition coefficient (Wildman–Crippen LogP) is -0.355. The van der Waals surface area contributed by atoms with Gasteiger partial charge in [-0.1, -0.05) is 11.6 Å². The molecule has 1 aromatic heterocycles. The van der Waals surface area contributed by atoms with Crippen LogP contribution in [-0.4, -0.2) is 50.1 Å². The molecule has 0 saturated heterocycles. The number of nitrogens with one attached hydrogen (secondary N) is 1. The molecule has 0 radical (unpaired) electrons. The zero-order chi connectivity index (χ0) is 12.4. The molecule has 2 rings (SSSR count). The van der Waals surface area contributed by atoms with Crippen LogP contribution in [-0.2, 0) is 0 Å². The summed E-state index contributed by atoms with van der Waals surface area (Å²) in [5.41, 5.74) is 0. The van der Waals surface area contributed by atoms with Crippen molar-refractivity contribution in [3.8, 4) is 0 Å². The number of hydrogen-bond donors (Lipinski definition) is 4. The van der Waals surface area contributed by atoms with Crippen molar-refractivity contribution in [2.24, 2.45) is 5.92 Å². The summed E-state index contributed by atoms with van der Waals surface area (Å²) >= 11 is 5.71. The van der Waals surface area contributed by atoms with Gasteiger partial charge in [-0.2, -0.15) is 0 Å². The number of hydrogen-bond acceptors (Lipinski definition) is 6. The summed E-state index contributed by atoms with van der Waals surface area (Å²) in [6.07, 6.45) is -0.0671. The maximum atomic E-state index is 9.79. The van der Waals surface area contributed by atoms with Crippen molar-refractivity contribution >= 4 is 17.4 Å². The molecule has 7 heteroatoms. The summed E-state index contributed by atoms with van der Waals surface area (Å²) < 4.78 is 0. The number of aliphatic hydroxyl groups excluding tert-OH is 3. The second-order valence-corrected chi connectivity index (χ2v) is 4.52. The molecule has 4 N–H and O–H groups in total. The van der Waals surface area contributed by atoms with Gasteiger partial charge in [-0.15, -0.1) is 0 Å². The van der Waals surface area contributed by atoms with E-state index in [2.05, 4.69) is 15.3 Å². The third-order valence-corrected chi connectivity index (χ3v) is 3.21. The summed E-state index contributed by atoms with van der Waals surface area (Å²) in [4.78, 5) is 7.69. The number of aliphatic hydroxyl groups is 3. The molecule has 17 heavy (non-hydrogen) atoms. The molecule has 0 spiro atoms. The van der Waals surface area contributed by atoms with Gasteiger partial charge in [-0.3, -0.25) is 0 Å². The lowest BCUT2D eigenvalue weighted by atomic mass is 10.1. The van der Waals surface area contributed by atoms with Gasteiger partial charge in [-0.05, 0) is 6.42 Å². The van der Waals surface area contributed by atoms with Crippen molar-refractivity contribution in [1.29, 1.82) is 0 Å². The molecule has 6 nitrogen and oxygen atoms in total. The third-order valence-electron chi connectivity index (χ3n) is 3.00. The highest BCUT2D eigenvalue weighted by Gasteiger charge is 2.41. The highest BCUT2D eigenvalue weighted by Crippen LogP contribution is 2.28. The van der Waals surface area contributed by atoms with Gasteiger partial charge < -0.3 is 20.6 Å². The number of rotatable bonds is 3. The van der Waals surface area contributed by atoms with Crippen LogP contribution in [0.5, 0.6) is 0 Å². The first-order valence-electron chi connectivity index (χ1n) is 5.33. The van der Waals surface area contributed by atoms with Crippen LogP contribution in [0.15, 0.2) is 12.4 Å². The maximum absolute atomic E-state index is 9.79. The van der Waals surface area contributed by atoms with Crippen molar-refractivity contribution in [3.05, 3.63) is 17.5 Å². The summed E-state index contributed by atoms with van der Waals surface area (Å²) in [6, 6.07) is 1.18. The van der Waals surface area contributed by atoms with Crippen LogP contribution in [0.25, 0.3) is 0 Å². The Morgan fingerprint density at radius 1 is 1.35 bits per heavy atom. The smallest absolute Gasteiger partial charge is 0.134 e. The average molecular weight is 260 g/mol. The Bertz CT molecular complexity index is 393. The van der Waals surface area contributed by atoms with Crippen LogP contribution < -0.4 is 5.32 Å². The van der Waals surface area contributed by atoms with Gasteiger partial charge >= 0.3 is 0 Å². The van der Waals surface area contributed by atoms with Crippen LogP contribution in [0.4, 0.5) is 5.82 Å². The van der Waals surface area contributed by atoms with Crippen LogP contribution in [0, 0.1) is 5.92 Å². The average Bonchev–Trinajstić information content (AvgIpc) is 2.57. The zero-order valence-electron chi connectivity index (χ0n) is 8.99. The molecule has 1 aromatic rings. The fraction of sp³-hybridized carbons (Fsp3) is 0.600. The van der Waals surface area contributed by atoms with E-state index in [0.29, 0.717) is 17.4 Å². The molecule has 1 saturated carbocycles.